The molecule has 0 saturated carbocycles. The van der Waals surface area contributed by atoms with Crippen LogP contribution >= 0.6 is 0 Å². The second kappa shape index (κ2) is 8.86. The van der Waals surface area contributed by atoms with E-state index in [-0.39, 0.29) is 0 Å². The number of benzene rings is 4. The normalized spacial score (nSPS) is 10.7. The Kier molecular flexibility index (Phi) is 5.46. The first-order chi connectivity index (χ1) is 15.8. The molecule has 0 atom stereocenters. The summed E-state index contributed by atoms with van der Waals surface area (Å²) in [5.41, 5.74) is 8.00. The molecule has 32 heavy (non-hydrogen) atoms. The van der Waals surface area contributed by atoms with Crippen molar-refractivity contribution in [3.63, 3.8) is 0 Å². The van der Waals surface area contributed by atoms with E-state index in [1.165, 1.54) is 16.7 Å². The molecule has 0 radical (unpaired) electrons. The van der Waals surface area contributed by atoms with E-state index < -0.39 is 0 Å². The van der Waals surface area contributed by atoms with E-state index >= 15 is 0 Å². The van der Waals surface area contributed by atoms with Crippen molar-refractivity contribution in [3.8, 4) is 22.5 Å². The molecule has 5 rings (SSSR count). The van der Waals surface area contributed by atoms with Crippen molar-refractivity contribution in [2.24, 2.45) is 0 Å². The van der Waals surface area contributed by atoms with Gasteiger partial charge in [-0.15, -0.1) is 0 Å². The molecular formula is C29H23N3. The first kappa shape index (κ1) is 19.7. The molecule has 0 N–H and O–H groups in total. The summed E-state index contributed by atoms with van der Waals surface area (Å²) < 4.78 is 0. The lowest BCUT2D eigenvalue weighted by molar-refractivity contribution is 1.17. The number of nitrogens with zero attached hydrogens (tertiary/aromatic N) is 3. The fourth-order valence-electron chi connectivity index (χ4n) is 3.78. The van der Waals surface area contributed by atoms with Crippen LogP contribution in [0.2, 0.25) is 0 Å². The number of hydrogen-bond acceptors (Lipinski definition) is 3. The quantitative estimate of drug-likeness (QED) is 0.297. The number of aryl methyl sites for hydroxylation is 1. The highest BCUT2D eigenvalue weighted by Gasteiger charge is 2.13. The number of rotatable bonds is 5. The van der Waals surface area contributed by atoms with E-state index in [0.29, 0.717) is 0 Å². The van der Waals surface area contributed by atoms with Crippen LogP contribution in [0.25, 0.3) is 22.5 Å². The van der Waals surface area contributed by atoms with Crippen molar-refractivity contribution in [1.82, 2.24) is 9.97 Å². The van der Waals surface area contributed by atoms with E-state index in [4.69, 9.17) is 0 Å². The van der Waals surface area contributed by atoms with Gasteiger partial charge >= 0.3 is 0 Å². The Balaban J connectivity index is 1.51. The van der Waals surface area contributed by atoms with Gasteiger partial charge in [0.05, 0.1) is 0 Å². The Morgan fingerprint density at radius 2 is 0.938 bits per heavy atom. The fraction of sp³-hybridized carbons (Fsp3) is 0.0345. The van der Waals surface area contributed by atoms with Gasteiger partial charge in [-0.25, -0.2) is 9.97 Å². The van der Waals surface area contributed by atoms with Gasteiger partial charge in [-0.3, -0.25) is 0 Å². The Bertz CT molecular complexity index is 1280. The average Bonchev–Trinajstić information content (AvgIpc) is 2.87. The lowest BCUT2D eigenvalue weighted by Crippen LogP contribution is -2.09. The Hall–Kier alpha value is -4.24. The summed E-state index contributed by atoms with van der Waals surface area (Å²) in [6.07, 6.45) is 3.53. The Morgan fingerprint density at radius 1 is 0.469 bits per heavy atom. The predicted octanol–water partition coefficient (Wildman–Crippen LogP) is 7.59. The van der Waals surface area contributed by atoms with Gasteiger partial charge in [-0.2, -0.15) is 0 Å². The monoisotopic (exact) mass is 413 g/mol. The van der Waals surface area contributed by atoms with Gasteiger partial charge < -0.3 is 4.90 Å². The van der Waals surface area contributed by atoms with Crippen LogP contribution in [0.3, 0.4) is 0 Å². The van der Waals surface area contributed by atoms with Gasteiger partial charge in [0.1, 0.15) is 0 Å². The average molecular weight is 414 g/mol. The lowest BCUT2D eigenvalue weighted by atomic mass is 10.0. The van der Waals surface area contributed by atoms with Crippen molar-refractivity contribution < 1.29 is 0 Å². The van der Waals surface area contributed by atoms with Gasteiger partial charge in [0, 0.05) is 35.0 Å². The van der Waals surface area contributed by atoms with E-state index in [0.717, 1.165) is 28.5 Å². The highest BCUT2D eigenvalue weighted by atomic mass is 15.1. The fourth-order valence-corrected chi connectivity index (χ4v) is 3.78. The lowest BCUT2D eigenvalue weighted by Gasteiger charge is -2.25. The van der Waals surface area contributed by atoms with Crippen LogP contribution in [0.4, 0.5) is 17.1 Å². The van der Waals surface area contributed by atoms with Crippen molar-refractivity contribution in [1.29, 1.82) is 0 Å². The molecule has 3 heteroatoms. The van der Waals surface area contributed by atoms with Gasteiger partial charge in [-0.1, -0.05) is 60.2 Å². The van der Waals surface area contributed by atoms with Crippen molar-refractivity contribution in [3.05, 3.63) is 127 Å². The smallest absolute Gasteiger partial charge is 0.159 e. The van der Waals surface area contributed by atoms with E-state index in [1.807, 2.05) is 12.1 Å². The minimum atomic E-state index is 0.729. The first-order valence-corrected chi connectivity index (χ1v) is 10.7. The summed E-state index contributed by atoms with van der Waals surface area (Å²) in [5, 5.41) is 0. The molecule has 0 bridgehead atoms. The van der Waals surface area contributed by atoms with Crippen LogP contribution in [-0.2, 0) is 0 Å². The van der Waals surface area contributed by atoms with Crippen LogP contribution in [-0.4, -0.2) is 9.97 Å². The molecule has 1 aromatic heterocycles. The SMILES string of the molecule is Cc1ccc(-c2ccc(N(c3ccccc3)c3ccc(-c4ncccn4)cc3)cc2)cc1. The second-order valence-corrected chi connectivity index (χ2v) is 7.70. The largest absolute Gasteiger partial charge is 0.311 e. The van der Waals surface area contributed by atoms with E-state index in [2.05, 4.69) is 119 Å². The maximum Gasteiger partial charge on any atom is 0.159 e. The van der Waals surface area contributed by atoms with Crippen LogP contribution < -0.4 is 4.90 Å². The number of hydrogen-bond donors (Lipinski definition) is 0. The number of anilines is 3. The summed E-state index contributed by atoms with van der Waals surface area (Å²) in [5.74, 6) is 0.729. The van der Waals surface area contributed by atoms with Crippen molar-refractivity contribution in [2.45, 2.75) is 6.92 Å². The molecule has 0 aliphatic carbocycles. The third-order valence-electron chi connectivity index (χ3n) is 5.47. The maximum absolute atomic E-state index is 4.36. The zero-order valence-corrected chi connectivity index (χ0v) is 17.9. The molecule has 0 amide bonds. The van der Waals surface area contributed by atoms with Gasteiger partial charge in [0.2, 0.25) is 0 Å². The molecule has 1 heterocycles. The molecule has 0 aliphatic rings. The van der Waals surface area contributed by atoms with Gasteiger partial charge in [0.25, 0.3) is 0 Å². The molecule has 4 aromatic carbocycles. The third kappa shape index (κ3) is 4.14. The summed E-state index contributed by atoms with van der Waals surface area (Å²) in [6.45, 7) is 2.11. The molecule has 5 aromatic rings. The number of aromatic nitrogens is 2. The summed E-state index contributed by atoms with van der Waals surface area (Å²) in [4.78, 5) is 11.0. The predicted molar refractivity (Wildman–Crippen MR) is 132 cm³/mol. The second-order valence-electron chi connectivity index (χ2n) is 7.70. The molecule has 0 unspecified atom stereocenters. The van der Waals surface area contributed by atoms with Crippen LogP contribution in [0.5, 0.6) is 0 Å². The Morgan fingerprint density at radius 3 is 1.50 bits per heavy atom. The summed E-state index contributed by atoms with van der Waals surface area (Å²) in [7, 11) is 0. The van der Waals surface area contributed by atoms with Gasteiger partial charge in [-0.05, 0) is 72.6 Å². The maximum atomic E-state index is 4.36. The molecule has 154 valence electrons. The molecule has 0 spiro atoms. The van der Waals surface area contributed by atoms with Crippen LogP contribution in [0.1, 0.15) is 5.56 Å². The zero-order valence-electron chi connectivity index (χ0n) is 17.9. The number of para-hydroxylation sites is 1. The highest BCUT2D eigenvalue weighted by molar-refractivity contribution is 5.79. The van der Waals surface area contributed by atoms with E-state index in [1.54, 1.807) is 12.4 Å². The van der Waals surface area contributed by atoms with Crippen molar-refractivity contribution in [2.75, 3.05) is 4.90 Å². The minimum Gasteiger partial charge on any atom is -0.311 e. The zero-order chi connectivity index (χ0) is 21.8. The minimum absolute atomic E-state index is 0.729. The van der Waals surface area contributed by atoms with Crippen molar-refractivity contribution >= 4 is 17.1 Å². The van der Waals surface area contributed by atoms with E-state index in [9.17, 15) is 0 Å². The molecule has 0 aliphatic heterocycles. The molecule has 3 nitrogen and oxygen atoms in total. The van der Waals surface area contributed by atoms with Crippen LogP contribution in [0, 0.1) is 6.92 Å². The molecular weight excluding hydrogens is 390 g/mol. The van der Waals surface area contributed by atoms with Crippen LogP contribution in [0.15, 0.2) is 122 Å². The van der Waals surface area contributed by atoms with Gasteiger partial charge in [0.15, 0.2) is 5.82 Å². The third-order valence-corrected chi connectivity index (χ3v) is 5.47. The summed E-state index contributed by atoms with van der Waals surface area (Å²) in [6, 6.07) is 38.0. The molecule has 0 fully saturated rings. The topological polar surface area (TPSA) is 29.0 Å². The Labute approximate surface area is 188 Å². The summed E-state index contributed by atoms with van der Waals surface area (Å²) >= 11 is 0. The first-order valence-electron chi connectivity index (χ1n) is 10.7. The standard InChI is InChI=1S/C29H23N3/c1-22-8-10-23(11-9-22)24-12-16-27(17-13-24)32(26-6-3-2-4-7-26)28-18-14-25(15-19-28)29-30-20-5-21-31-29/h2-21H,1H3. The highest BCUT2D eigenvalue weighted by Crippen LogP contribution is 2.36. The molecule has 0 saturated heterocycles.